The van der Waals surface area contributed by atoms with Gasteiger partial charge in [-0.1, -0.05) is 36.4 Å². The molecule has 1 aliphatic heterocycles. The number of carboxylic acids is 1. The minimum Gasteiger partial charge on any atom is -0.492 e. The molecule has 0 atom stereocenters. The van der Waals surface area contributed by atoms with E-state index in [1.807, 2.05) is 30.3 Å². The third-order valence-electron chi connectivity index (χ3n) is 6.85. The largest absolute Gasteiger partial charge is 0.492 e. The third kappa shape index (κ3) is 8.56. The lowest BCUT2D eigenvalue weighted by molar-refractivity contribution is -0.192. The van der Waals surface area contributed by atoms with Crippen molar-refractivity contribution in [1.82, 2.24) is 19.8 Å². The lowest BCUT2D eigenvalue weighted by Crippen LogP contribution is -2.44. The maximum absolute atomic E-state index is 13.7. The van der Waals surface area contributed by atoms with Gasteiger partial charge in [0.2, 0.25) is 5.91 Å². The molecule has 2 aromatic carbocycles. The van der Waals surface area contributed by atoms with Crippen LogP contribution in [0.3, 0.4) is 0 Å². The number of carboxylic acid groups (broad SMARTS) is 1. The highest BCUT2D eigenvalue weighted by molar-refractivity contribution is 7.99. The number of para-hydroxylation sites is 1. The van der Waals surface area contributed by atoms with Crippen molar-refractivity contribution in [3.8, 4) is 11.4 Å². The molecule has 2 heterocycles. The predicted molar refractivity (Wildman–Crippen MR) is 151 cm³/mol. The van der Waals surface area contributed by atoms with E-state index in [-0.39, 0.29) is 36.9 Å². The standard InChI is InChI=1S/C27H28F2N4O3S.C2HF3O2/c28-22-10-9-19(15-23(22)29)36-14-12-30-16-25(34)32-13-11-24-21(17-32)26(35)33(18-5-2-1-3-6-18)27(31-24)37-20-7-4-8-20;3-2(4,5)1(6)7/h1-3,5-6,9-10,15,20,30H,4,7-8,11-14,16-17H2;(H,6,7). The normalized spacial score (nSPS) is 14.6. The fraction of sp³-hybridized carbons (Fsp3) is 0.379. The number of aromatic nitrogens is 2. The zero-order chi connectivity index (χ0) is 31.9. The molecule has 0 radical (unpaired) electrons. The van der Waals surface area contributed by atoms with Crippen LogP contribution in [-0.2, 0) is 22.6 Å². The predicted octanol–water partition coefficient (Wildman–Crippen LogP) is 4.34. The van der Waals surface area contributed by atoms with Gasteiger partial charge in [0.05, 0.1) is 30.0 Å². The number of halogens is 5. The van der Waals surface area contributed by atoms with Crippen LogP contribution in [0.15, 0.2) is 58.5 Å². The molecule has 0 saturated heterocycles. The molecule has 236 valence electrons. The molecule has 0 unspecified atom stereocenters. The SMILES string of the molecule is O=C(CNCCOc1ccc(F)c(F)c1)N1CCc2nc(SC3CCC3)n(-c3ccccc3)c(=O)c2C1.O=C(O)C(F)(F)F. The Bertz CT molecular complexity index is 1530. The van der Waals surface area contributed by atoms with Crippen LogP contribution in [0.2, 0.25) is 0 Å². The first-order valence-electron chi connectivity index (χ1n) is 13.7. The number of thioether (sulfide) groups is 1. The quantitative estimate of drug-likeness (QED) is 0.202. The Kier molecular flexibility index (Phi) is 11.0. The molecule has 3 aromatic rings. The van der Waals surface area contributed by atoms with Crippen molar-refractivity contribution in [3.05, 3.63) is 81.8 Å². The van der Waals surface area contributed by atoms with Crippen LogP contribution in [0.4, 0.5) is 22.0 Å². The fourth-order valence-electron chi connectivity index (χ4n) is 4.30. The number of fused-ring (bicyclic) bond motifs is 1. The van der Waals surface area contributed by atoms with Crippen LogP contribution in [0.5, 0.6) is 5.75 Å². The highest BCUT2D eigenvalue weighted by Crippen LogP contribution is 2.36. The number of ether oxygens (including phenoxy) is 1. The minimum atomic E-state index is -5.08. The van der Waals surface area contributed by atoms with Gasteiger partial charge in [-0.15, -0.1) is 0 Å². The Morgan fingerprint density at radius 2 is 1.80 bits per heavy atom. The molecular formula is C29H29F5N4O5S. The summed E-state index contributed by atoms with van der Waals surface area (Å²) in [6, 6.07) is 12.9. The Hall–Kier alpha value is -3.98. The summed E-state index contributed by atoms with van der Waals surface area (Å²) in [5.41, 5.74) is 1.98. The molecule has 2 aliphatic rings. The molecule has 1 amide bonds. The number of hydrogen-bond acceptors (Lipinski definition) is 7. The van der Waals surface area contributed by atoms with E-state index in [4.69, 9.17) is 19.6 Å². The Morgan fingerprint density at radius 3 is 2.41 bits per heavy atom. The zero-order valence-corrected chi connectivity index (χ0v) is 24.1. The summed E-state index contributed by atoms with van der Waals surface area (Å²) < 4.78 is 65.1. The van der Waals surface area contributed by atoms with E-state index in [1.165, 1.54) is 12.5 Å². The highest BCUT2D eigenvalue weighted by Gasteiger charge is 2.38. The first-order chi connectivity index (χ1) is 20.9. The average Bonchev–Trinajstić information content (AvgIpc) is 2.96. The van der Waals surface area contributed by atoms with Gasteiger partial charge in [-0.2, -0.15) is 13.2 Å². The molecule has 1 aromatic heterocycles. The second-order valence-electron chi connectivity index (χ2n) is 9.94. The summed E-state index contributed by atoms with van der Waals surface area (Å²) in [5, 5.41) is 11.3. The summed E-state index contributed by atoms with van der Waals surface area (Å²) in [6.45, 7) is 1.32. The molecule has 1 saturated carbocycles. The molecule has 0 bridgehead atoms. The van der Waals surface area contributed by atoms with Crippen molar-refractivity contribution in [3.63, 3.8) is 0 Å². The van der Waals surface area contributed by atoms with Crippen LogP contribution in [0.1, 0.15) is 30.5 Å². The molecule has 2 N–H and O–H groups in total. The molecule has 1 aliphatic carbocycles. The number of nitrogens with one attached hydrogen (secondary N) is 1. The second-order valence-corrected chi connectivity index (χ2v) is 11.2. The maximum atomic E-state index is 13.7. The van der Waals surface area contributed by atoms with E-state index in [2.05, 4.69) is 5.32 Å². The van der Waals surface area contributed by atoms with Crippen molar-refractivity contribution in [2.75, 3.05) is 26.2 Å². The lowest BCUT2D eigenvalue weighted by Gasteiger charge is -2.30. The lowest BCUT2D eigenvalue weighted by atomic mass is 10.0. The van der Waals surface area contributed by atoms with Gasteiger partial charge < -0.3 is 20.1 Å². The van der Waals surface area contributed by atoms with Crippen LogP contribution in [0.25, 0.3) is 5.69 Å². The van der Waals surface area contributed by atoms with Crippen LogP contribution >= 0.6 is 11.8 Å². The van der Waals surface area contributed by atoms with Crippen molar-refractivity contribution in [1.29, 1.82) is 0 Å². The van der Waals surface area contributed by atoms with Gasteiger partial charge in [-0.25, -0.2) is 18.6 Å². The van der Waals surface area contributed by atoms with Gasteiger partial charge in [0, 0.05) is 30.8 Å². The highest BCUT2D eigenvalue weighted by atomic mass is 32.2. The molecule has 1 fully saturated rings. The number of hydrogen-bond donors (Lipinski definition) is 2. The van der Waals surface area contributed by atoms with E-state index in [0.29, 0.717) is 30.3 Å². The summed E-state index contributed by atoms with van der Waals surface area (Å²) in [5.74, 6) is -4.57. The topological polar surface area (TPSA) is 114 Å². The minimum absolute atomic E-state index is 0.0758. The summed E-state index contributed by atoms with van der Waals surface area (Å²) in [7, 11) is 0. The maximum Gasteiger partial charge on any atom is 0.490 e. The van der Waals surface area contributed by atoms with Crippen molar-refractivity contribution in [2.45, 2.75) is 48.8 Å². The Balaban J connectivity index is 0.000000566. The Morgan fingerprint density at radius 1 is 1.09 bits per heavy atom. The fourth-order valence-corrected chi connectivity index (χ4v) is 5.63. The number of carbonyl (C=O) groups excluding carboxylic acids is 1. The zero-order valence-electron chi connectivity index (χ0n) is 23.3. The number of amides is 1. The van der Waals surface area contributed by atoms with Crippen LogP contribution in [-0.4, -0.2) is 69.1 Å². The molecule has 44 heavy (non-hydrogen) atoms. The van der Waals surface area contributed by atoms with E-state index >= 15 is 0 Å². The number of benzene rings is 2. The van der Waals surface area contributed by atoms with Gasteiger partial charge in [-0.05, 0) is 37.1 Å². The van der Waals surface area contributed by atoms with E-state index in [9.17, 15) is 31.5 Å². The van der Waals surface area contributed by atoms with Gasteiger partial charge in [-0.3, -0.25) is 14.2 Å². The van der Waals surface area contributed by atoms with Crippen LogP contribution in [0, 0.1) is 11.6 Å². The number of nitrogens with zero attached hydrogens (tertiary/aromatic N) is 3. The second kappa shape index (κ2) is 14.7. The number of aliphatic carboxylic acids is 1. The van der Waals surface area contributed by atoms with Gasteiger partial charge in [0.1, 0.15) is 12.4 Å². The Labute approximate surface area is 253 Å². The molecule has 0 spiro atoms. The van der Waals surface area contributed by atoms with Crippen molar-refractivity contribution in [2.24, 2.45) is 0 Å². The average molecular weight is 641 g/mol. The molecular weight excluding hydrogens is 611 g/mol. The molecule has 9 nitrogen and oxygen atoms in total. The van der Waals surface area contributed by atoms with Gasteiger partial charge in [0.25, 0.3) is 5.56 Å². The monoisotopic (exact) mass is 640 g/mol. The van der Waals surface area contributed by atoms with Gasteiger partial charge >= 0.3 is 12.1 Å². The number of carbonyl (C=O) groups is 2. The molecule has 5 rings (SSSR count). The number of rotatable bonds is 9. The number of alkyl halides is 3. The smallest absolute Gasteiger partial charge is 0.490 e. The van der Waals surface area contributed by atoms with E-state index < -0.39 is 23.8 Å². The third-order valence-corrected chi connectivity index (χ3v) is 8.14. The van der Waals surface area contributed by atoms with Crippen molar-refractivity contribution < 1.29 is 41.4 Å². The van der Waals surface area contributed by atoms with Gasteiger partial charge in [0.15, 0.2) is 16.8 Å². The van der Waals surface area contributed by atoms with E-state index in [1.54, 1.807) is 21.2 Å². The summed E-state index contributed by atoms with van der Waals surface area (Å²) in [6.07, 6.45) is -1.08. The summed E-state index contributed by atoms with van der Waals surface area (Å²) in [4.78, 5) is 42.0. The first kappa shape index (κ1) is 32.9. The molecule has 15 heteroatoms. The van der Waals surface area contributed by atoms with Crippen LogP contribution < -0.4 is 15.6 Å². The first-order valence-corrected chi connectivity index (χ1v) is 14.6. The van der Waals surface area contributed by atoms with Crippen molar-refractivity contribution >= 4 is 23.6 Å². The van der Waals surface area contributed by atoms with E-state index in [0.717, 1.165) is 41.5 Å². The summed E-state index contributed by atoms with van der Waals surface area (Å²) >= 11 is 1.67.